The molecule has 4 heteroatoms. The van der Waals surface area contributed by atoms with Crippen LogP contribution < -0.4 is 0 Å². The molecule has 0 unspecified atom stereocenters. The molecule has 0 spiro atoms. The van der Waals surface area contributed by atoms with Crippen molar-refractivity contribution in [2.24, 2.45) is 0 Å². The van der Waals surface area contributed by atoms with Gasteiger partial charge in [0.2, 0.25) is 0 Å². The number of nitrogens with zero attached hydrogens (tertiary/aromatic N) is 4. The minimum absolute atomic E-state index is 1.00. The molecular weight excluding hydrogens is 609 g/mol. The molecule has 228 valence electrons. The monoisotopic (exact) mass is 632 g/mol. The van der Waals surface area contributed by atoms with Gasteiger partial charge in [0.05, 0.1) is 0 Å². The van der Waals surface area contributed by atoms with Gasteiger partial charge in [-0.2, -0.15) is 0 Å². The van der Waals surface area contributed by atoms with Crippen LogP contribution in [0.3, 0.4) is 0 Å². The molecule has 0 saturated carbocycles. The van der Waals surface area contributed by atoms with E-state index in [1.54, 1.807) is 12.7 Å². The summed E-state index contributed by atoms with van der Waals surface area (Å²) in [6.07, 6.45) is 10.9. The van der Waals surface area contributed by atoms with E-state index in [1.165, 1.54) is 98.4 Å². The van der Waals surface area contributed by atoms with E-state index in [4.69, 9.17) is 0 Å². The third-order valence-corrected chi connectivity index (χ3v) is 11.1. The molecule has 12 rings (SSSR count). The molecule has 10 aromatic rings. The van der Waals surface area contributed by atoms with Crippen molar-refractivity contribution < 1.29 is 0 Å². The molecule has 2 aromatic heterocycles. The van der Waals surface area contributed by atoms with Crippen LogP contribution in [0.15, 0.2) is 147 Å². The van der Waals surface area contributed by atoms with Gasteiger partial charge in [-0.1, -0.05) is 72.8 Å². The van der Waals surface area contributed by atoms with E-state index in [0.717, 1.165) is 22.3 Å². The summed E-state index contributed by atoms with van der Waals surface area (Å²) in [5.41, 5.74) is 14.5. The molecular formula is C46H24N4. The fourth-order valence-corrected chi connectivity index (χ4v) is 8.96. The predicted molar refractivity (Wildman–Crippen MR) is 205 cm³/mol. The van der Waals surface area contributed by atoms with Crippen LogP contribution in [-0.2, 0) is 0 Å². The number of aromatic nitrogens is 4. The molecule has 0 saturated heterocycles. The highest BCUT2D eigenvalue weighted by Crippen LogP contribution is 2.53. The average Bonchev–Trinajstić information content (AvgIpc) is 3.67. The summed E-state index contributed by atoms with van der Waals surface area (Å²) in [5, 5.41) is 12.4. The van der Waals surface area contributed by atoms with Crippen molar-refractivity contribution in [3.05, 3.63) is 147 Å². The summed E-state index contributed by atoms with van der Waals surface area (Å²) in [6, 6.07) is 41.0. The van der Waals surface area contributed by atoms with E-state index in [2.05, 4.69) is 129 Å². The molecule has 2 aliphatic rings. The molecule has 2 aliphatic carbocycles. The Labute approximate surface area is 286 Å². The molecule has 0 atom stereocenters. The molecule has 8 aromatic carbocycles. The lowest BCUT2D eigenvalue weighted by Gasteiger charge is -2.18. The summed E-state index contributed by atoms with van der Waals surface area (Å²) in [5.74, 6) is 0. The Morgan fingerprint density at radius 2 is 0.580 bits per heavy atom. The molecule has 0 N–H and O–H groups in total. The molecule has 50 heavy (non-hydrogen) atoms. The van der Waals surface area contributed by atoms with Gasteiger partial charge in [0.15, 0.2) is 0 Å². The maximum atomic E-state index is 4.47. The van der Waals surface area contributed by atoms with Crippen molar-refractivity contribution >= 4 is 53.9 Å². The Morgan fingerprint density at radius 3 is 0.940 bits per heavy atom. The van der Waals surface area contributed by atoms with Gasteiger partial charge < -0.3 is 0 Å². The summed E-state index contributed by atoms with van der Waals surface area (Å²) < 4.78 is 0. The van der Waals surface area contributed by atoms with Gasteiger partial charge in [-0.15, -0.1) is 0 Å². The van der Waals surface area contributed by atoms with Crippen LogP contribution in [0.25, 0.3) is 121 Å². The smallest absolute Gasteiger partial charge is 0.115 e. The Kier molecular flexibility index (Phi) is 4.94. The Bertz CT molecular complexity index is 2910. The number of hydrogen-bond acceptors (Lipinski definition) is 4. The Balaban J connectivity index is 1.28. The molecule has 2 heterocycles. The van der Waals surface area contributed by atoms with Gasteiger partial charge in [-0.3, -0.25) is 0 Å². The second kappa shape index (κ2) is 9.43. The normalized spacial score (nSPS) is 12.4. The Hall–Kier alpha value is -6.78. The predicted octanol–water partition coefficient (Wildman–Crippen LogP) is 11.7. The van der Waals surface area contributed by atoms with Crippen molar-refractivity contribution in [2.45, 2.75) is 0 Å². The lowest BCUT2D eigenvalue weighted by atomic mass is 9.85. The van der Waals surface area contributed by atoms with Crippen LogP contribution in [0.2, 0.25) is 0 Å². The van der Waals surface area contributed by atoms with E-state index in [0.29, 0.717) is 0 Å². The van der Waals surface area contributed by atoms with E-state index in [9.17, 15) is 0 Å². The largest absolute Gasteiger partial charge is 0.244 e. The number of fused-ring (bicyclic) bond motifs is 11. The van der Waals surface area contributed by atoms with Crippen LogP contribution >= 0.6 is 0 Å². The minimum atomic E-state index is 1.00. The van der Waals surface area contributed by atoms with Gasteiger partial charge in [0, 0.05) is 35.9 Å². The summed E-state index contributed by atoms with van der Waals surface area (Å²) in [4.78, 5) is 17.9. The van der Waals surface area contributed by atoms with Crippen LogP contribution in [-0.4, -0.2) is 19.9 Å². The number of rotatable bonds is 2. The van der Waals surface area contributed by atoms with E-state index in [1.807, 2.05) is 24.8 Å². The highest BCUT2D eigenvalue weighted by molar-refractivity contribution is 6.29. The average molecular weight is 633 g/mol. The minimum Gasteiger partial charge on any atom is -0.244 e. The van der Waals surface area contributed by atoms with Gasteiger partial charge in [0.25, 0.3) is 0 Å². The third-order valence-electron chi connectivity index (χ3n) is 11.1. The fraction of sp³-hybridized carbons (Fsp3) is 0. The Morgan fingerprint density at radius 1 is 0.280 bits per heavy atom. The first-order valence-corrected chi connectivity index (χ1v) is 16.9. The van der Waals surface area contributed by atoms with Gasteiger partial charge in [-0.25, -0.2) is 19.9 Å². The molecule has 0 aliphatic heterocycles. The zero-order chi connectivity index (χ0) is 32.5. The van der Waals surface area contributed by atoms with Crippen LogP contribution in [0.5, 0.6) is 0 Å². The van der Waals surface area contributed by atoms with Crippen molar-refractivity contribution in [3.8, 4) is 66.8 Å². The molecule has 0 bridgehead atoms. The first-order valence-electron chi connectivity index (χ1n) is 16.9. The van der Waals surface area contributed by atoms with Crippen molar-refractivity contribution in [1.29, 1.82) is 0 Å². The quantitative estimate of drug-likeness (QED) is 0.178. The molecule has 4 nitrogen and oxygen atoms in total. The summed E-state index contributed by atoms with van der Waals surface area (Å²) >= 11 is 0. The number of hydrogen-bond donors (Lipinski definition) is 0. The van der Waals surface area contributed by atoms with E-state index >= 15 is 0 Å². The number of benzene rings is 8. The fourth-order valence-electron chi connectivity index (χ4n) is 8.96. The zero-order valence-electron chi connectivity index (χ0n) is 26.6. The lowest BCUT2D eigenvalue weighted by Crippen LogP contribution is -1.92. The first-order chi connectivity index (χ1) is 24.8. The van der Waals surface area contributed by atoms with Crippen LogP contribution in [0.4, 0.5) is 0 Å². The van der Waals surface area contributed by atoms with Gasteiger partial charge >= 0.3 is 0 Å². The zero-order valence-corrected chi connectivity index (χ0v) is 26.6. The summed E-state index contributed by atoms with van der Waals surface area (Å²) in [7, 11) is 0. The molecule has 0 fully saturated rings. The first kappa shape index (κ1) is 26.2. The summed E-state index contributed by atoms with van der Waals surface area (Å²) in [6.45, 7) is 0. The lowest BCUT2D eigenvalue weighted by molar-refractivity contribution is 1.17. The van der Waals surface area contributed by atoms with Crippen molar-refractivity contribution in [1.82, 2.24) is 19.9 Å². The van der Waals surface area contributed by atoms with Crippen molar-refractivity contribution in [3.63, 3.8) is 0 Å². The highest BCUT2D eigenvalue weighted by Gasteiger charge is 2.26. The van der Waals surface area contributed by atoms with Gasteiger partial charge in [-0.05, 0) is 146 Å². The maximum Gasteiger partial charge on any atom is 0.115 e. The highest BCUT2D eigenvalue weighted by atomic mass is 14.8. The standard InChI is InChI=1S/C46H24N4/c1-5-25-7-3-11-31-37-17-43-39(15-35(37)29(9-1)45(25)31)33(27-19-47-23-48-20-27)13-42-41(43)14-34(28-21-49-24-50-22-28)40-16-36-30-10-2-6-26-8-4-12-32(46(26)30)38(36)18-44(40)42/h1-24H. The van der Waals surface area contributed by atoms with E-state index < -0.39 is 0 Å². The maximum absolute atomic E-state index is 4.47. The third kappa shape index (κ3) is 3.34. The molecule has 0 amide bonds. The van der Waals surface area contributed by atoms with Crippen molar-refractivity contribution in [2.75, 3.05) is 0 Å². The second-order valence-electron chi connectivity index (χ2n) is 13.5. The second-order valence-corrected chi connectivity index (χ2v) is 13.5. The van der Waals surface area contributed by atoms with Crippen LogP contribution in [0.1, 0.15) is 0 Å². The van der Waals surface area contributed by atoms with E-state index in [-0.39, 0.29) is 0 Å². The topological polar surface area (TPSA) is 51.6 Å². The van der Waals surface area contributed by atoms with Gasteiger partial charge in [0.1, 0.15) is 12.7 Å². The van der Waals surface area contributed by atoms with Crippen LogP contribution in [0, 0.1) is 0 Å². The molecule has 0 radical (unpaired) electrons. The SMILES string of the molecule is c1cc2c3c(cccc3c1)-c1cc3c(cc1-2)c(-c1cncnc1)cc1c2cc4c(cc2c(-c2cncnc2)cc31)-c1cccc2cccc-4c12.